The molecule has 0 amide bonds. The highest BCUT2D eigenvalue weighted by Gasteiger charge is 2.36. The summed E-state index contributed by atoms with van der Waals surface area (Å²) in [4.78, 5) is 2.80. The fraction of sp³-hybridized carbons (Fsp3) is 1.00. The summed E-state index contributed by atoms with van der Waals surface area (Å²) in [7, 11) is 0. The summed E-state index contributed by atoms with van der Waals surface area (Å²) in [5.41, 5.74) is 0.326. The van der Waals surface area contributed by atoms with Crippen molar-refractivity contribution in [3.63, 3.8) is 0 Å². The first-order valence-electron chi connectivity index (χ1n) is 7.60. The fourth-order valence-corrected chi connectivity index (χ4v) is 3.09. The van der Waals surface area contributed by atoms with Gasteiger partial charge in [-0.2, -0.15) is 0 Å². The average Bonchev–Trinajstić information content (AvgIpc) is 2.34. The molecule has 17 heavy (non-hydrogen) atoms. The van der Waals surface area contributed by atoms with E-state index in [9.17, 15) is 0 Å². The van der Waals surface area contributed by atoms with Gasteiger partial charge in [-0.25, -0.2) is 0 Å². The van der Waals surface area contributed by atoms with Crippen LogP contribution in [0.4, 0.5) is 0 Å². The predicted molar refractivity (Wildman–Crippen MR) is 76.5 cm³/mol. The molecule has 1 aliphatic heterocycles. The molecular formula is C15H32N2. The van der Waals surface area contributed by atoms with Crippen molar-refractivity contribution in [2.45, 2.75) is 84.3 Å². The van der Waals surface area contributed by atoms with Crippen LogP contribution in [0.5, 0.6) is 0 Å². The van der Waals surface area contributed by atoms with E-state index in [1.54, 1.807) is 0 Å². The van der Waals surface area contributed by atoms with Crippen molar-refractivity contribution in [2.75, 3.05) is 13.1 Å². The van der Waals surface area contributed by atoms with Gasteiger partial charge in [0.15, 0.2) is 0 Å². The molecular weight excluding hydrogens is 208 g/mol. The second kappa shape index (κ2) is 6.75. The molecule has 2 unspecified atom stereocenters. The molecule has 2 nitrogen and oxygen atoms in total. The summed E-state index contributed by atoms with van der Waals surface area (Å²) in [6, 6.07) is 1.53. The molecule has 102 valence electrons. The molecule has 1 N–H and O–H groups in total. The maximum absolute atomic E-state index is 3.77. The summed E-state index contributed by atoms with van der Waals surface area (Å²) < 4.78 is 0. The first-order valence-corrected chi connectivity index (χ1v) is 7.60. The van der Waals surface area contributed by atoms with Gasteiger partial charge in [0.1, 0.15) is 0 Å². The Labute approximate surface area is 108 Å². The van der Waals surface area contributed by atoms with E-state index in [0.29, 0.717) is 5.54 Å². The lowest BCUT2D eigenvalue weighted by atomic mass is 9.90. The number of nitrogens with zero attached hydrogens (tertiary/aromatic N) is 1. The topological polar surface area (TPSA) is 15.3 Å². The van der Waals surface area contributed by atoms with Crippen molar-refractivity contribution in [3.8, 4) is 0 Å². The number of hydrogen-bond donors (Lipinski definition) is 1. The molecule has 0 saturated carbocycles. The molecule has 1 saturated heterocycles. The van der Waals surface area contributed by atoms with Crippen LogP contribution in [0.25, 0.3) is 0 Å². The van der Waals surface area contributed by atoms with Gasteiger partial charge in [-0.15, -0.1) is 0 Å². The van der Waals surface area contributed by atoms with Crippen LogP contribution in [0.3, 0.4) is 0 Å². The standard InChI is InChI=1S/C15H32N2/c1-6-10-14-11-16-15(5,9-4)12-17(14)13(7-2)8-3/h13-14,16H,6-12H2,1-5H3. The van der Waals surface area contributed by atoms with Gasteiger partial charge in [-0.1, -0.05) is 34.1 Å². The van der Waals surface area contributed by atoms with Crippen LogP contribution >= 0.6 is 0 Å². The Morgan fingerprint density at radius 2 is 1.88 bits per heavy atom. The van der Waals surface area contributed by atoms with Crippen LogP contribution in [-0.4, -0.2) is 35.6 Å². The average molecular weight is 240 g/mol. The van der Waals surface area contributed by atoms with E-state index < -0.39 is 0 Å². The summed E-state index contributed by atoms with van der Waals surface area (Å²) in [6.45, 7) is 14.1. The highest BCUT2D eigenvalue weighted by molar-refractivity contribution is 4.96. The fourth-order valence-electron chi connectivity index (χ4n) is 3.09. The maximum Gasteiger partial charge on any atom is 0.0278 e. The van der Waals surface area contributed by atoms with E-state index in [1.807, 2.05) is 0 Å². The van der Waals surface area contributed by atoms with Crippen LogP contribution in [0.2, 0.25) is 0 Å². The molecule has 1 rings (SSSR count). The Kier molecular flexibility index (Phi) is 5.94. The predicted octanol–water partition coefficient (Wildman–Crippen LogP) is 3.42. The van der Waals surface area contributed by atoms with E-state index >= 15 is 0 Å². The molecule has 0 aliphatic carbocycles. The Morgan fingerprint density at radius 1 is 1.24 bits per heavy atom. The molecule has 1 aliphatic rings. The Bertz CT molecular complexity index is 213. The van der Waals surface area contributed by atoms with Crippen LogP contribution in [0.15, 0.2) is 0 Å². The Morgan fingerprint density at radius 3 is 2.35 bits per heavy atom. The molecule has 0 aromatic carbocycles. The third-order valence-electron chi connectivity index (χ3n) is 4.58. The molecule has 1 heterocycles. The van der Waals surface area contributed by atoms with E-state index in [4.69, 9.17) is 0 Å². The number of hydrogen-bond acceptors (Lipinski definition) is 2. The van der Waals surface area contributed by atoms with E-state index in [-0.39, 0.29) is 0 Å². The van der Waals surface area contributed by atoms with Gasteiger partial charge >= 0.3 is 0 Å². The van der Waals surface area contributed by atoms with Crippen LogP contribution < -0.4 is 5.32 Å². The molecule has 2 heteroatoms. The molecule has 1 fully saturated rings. The second-order valence-corrected chi connectivity index (χ2v) is 5.88. The Balaban J connectivity index is 2.75. The highest BCUT2D eigenvalue weighted by atomic mass is 15.3. The minimum Gasteiger partial charge on any atom is -0.309 e. The van der Waals surface area contributed by atoms with Crippen molar-refractivity contribution < 1.29 is 0 Å². The van der Waals surface area contributed by atoms with Gasteiger partial charge in [0.05, 0.1) is 0 Å². The zero-order chi connectivity index (χ0) is 12.9. The molecule has 0 radical (unpaired) electrons. The Hall–Kier alpha value is -0.0800. The van der Waals surface area contributed by atoms with Crippen molar-refractivity contribution in [2.24, 2.45) is 0 Å². The quantitative estimate of drug-likeness (QED) is 0.765. The first kappa shape index (κ1) is 15.0. The molecule has 0 bridgehead atoms. The van der Waals surface area contributed by atoms with Crippen LogP contribution in [-0.2, 0) is 0 Å². The lowest BCUT2D eigenvalue weighted by molar-refractivity contribution is 0.0380. The van der Waals surface area contributed by atoms with Crippen molar-refractivity contribution in [1.29, 1.82) is 0 Å². The first-order chi connectivity index (χ1) is 8.10. The third-order valence-corrected chi connectivity index (χ3v) is 4.58. The largest absolute Gasteiger partial charge is 0.309 e. The minimum atomic E-state index is 0.326. The number of rotatable bonds is 6. The van der Waals surface area contributed by atoms with Crippen molar-refractivity contribution >= 4 is 0 Å². The summed E-state index contributed by atoms with van der Waals surface area (Å²) in [6.07, 6.45) is 6.44. The highest BCUT2D eigenvalue weighted by Crippen LogP contribution is 2.25. The van der Waals surface area contributed by atoms with Crippen molar-refractivity contribution in [3.05, 3.63) is 0 Å². The lowest BCUT2D eigenvalue weighted by Gasteiger charge is -2.49. The summed E-state index contributed by atoms with van der Waals surface area (Å²) in [5.74, 6) is 0. The normalized spacial score (nSPS) is 31.1. The minimum absolute atomic E-state index is 0.326. The molecule has 0 aromatic rings. The SMILES string of the molecule is CCCC1CNC(C)(CC)CN1C(CC)CC. The van der Waals surface area contributed by atoms with Crippen LogP contribution in [0, 0.1) is 0 Å². The lowest BCUT2D eigenvalue weighted by Crippen LogP contribution is -2.64. The summed E-state index contributed by atoms with van der Waals surface area (Å²) in [5, 5.41) is 3.77. The van der Waals surface area contributed by atoms with E-state index in [0.717, 1.165) is 12.1 Å². The smallest absolute Gasteiger partial charge is 0.0278 e. The van der Waals surface area contributed by atoms with Gasteiger partial charge < -0.3 is 5.32 Å². The van der Waals surface area contributed by atoms with Crippen molar-refractivity contribution in [1.82, 2.24) is 10.2 Å². The second-order valence-electron chi connectivity index (χ2n) is 5.88. The van der Waals surface area contributed by atoms with E-state index in [2.05, 4.69) is 44.8 Å². The molecule has 0 spiro atoms. The zero-order valence-electron chi connectivity index (χ0n) is 12.6. The van der Waals surface area contributed by atoms with Gasteiger partial charge in [-0.05, 0) is 32.6 Å². The molecule has 0 aromatic heterocycles. The van der Waals surface area contributed by atoms with Crippen LogP contribution in [0.1, 0.15) is 66.7 Å². The monoisotopic (exact) mass is 240 g/mol. The van der Waals surface area contributed by atoms with Gasteiger partial charge in [0.2, 0.25) is 0 Å². The zero-order valence-corrected chi connectivity index (χ0v) is 12.6. The van der Waals surface area contributed by atoms with Gasteiger partial charge in [-0.3, -0.25) is 4.90 Å². The van der Waals surface area contributed by atoms with E-state index in [1.165, 1.54) is 45.2 Å². The van der Waals surface area contributed by atoms with Gasteiger partial charge in [0.25, 0.3) is 0 Å². The summed E-state index contributed by atoms with van der Waals surface area (Å²) >= 11 is 0. The number of nitrogens with one attached hydrogen (secondary N) is 1. The van der Waals surface area contributed by atoms with Gasteiger partial charge in [0, 0.05) is 30.7 Å². The number of piperazine rings is 1. The molecule has 2 atom stereocenters. The third kappa shape index (κ3) is 3.69. The maximum atomic E-state index is 3.77.